The summed E-state index contributed by atoms with van der Waals surface area (Å²) >= 11 is 0. The monoisotopic (exact) mass is 270 g/mol. The number of methoxy groups -OCH3 is 1. The van der Waals surface area contributed by atoms with Crippen molar-refractivity contribution in [1.29, 1.82) is 0 Å². The Kier molecular flexibility index (Phi) is 6.95. The number of rotatable bonds is 7. The van der Waals surface area contributed by atoms with Crippen molar-refractivity contribution in [2.45, 2.75) is 31.7 Å². The third-order valence-corrected chi connectivity index (χ3v) is 3.14. The van der Waals surface area contributed by atoms with Crippen LogP contribution in [0.4, 0.5) is 4.79 Å². The maximum absolute atomic E-state index is 11.6. The second kappa shape index (κ2) is 8.53. The summed E-state index contributed by atoms with van der Waals surface area (Å²) in [6.45, 7) is 0.872. The number of hydrogen-bond donors (Lipinski definition) is 3. The van der Waals surface area contributed by atoms with Crippen LogP contribution in [0.3, 0.4) is 0 Å². The van der Waals surface area contributed by atoms with Gasteiger partial charge in [0.25, 0.3) is 0 Å². The van der Waals surface area contributed by atoms with Crippen LogP contribution in [0, 0.1) is 5.92 Å². The lowest BCUT2D eigenvalue weighted by Crippen LogP contribution is -2.47. The topological polar surface area (TPSA) is 87.7 Å². The fraction of sp³-hybridized carbons (Fsp3) is 0.692. The maximum atomic E-state index is 11.6. The van der Waals surface area contributed by atoms with E-state index in [1.54, 1.807) is 0 Å². The Bertz CT molecular complexity index is 331. The van der Waals surface area contributed by atoms with E-state index in [1.807, 2.05) is 0 Å². The molecule has 0 radical (unpaired) electrons. The predicted octanol–water partition coefficient (Wildman–Crippen LogP) is 1.13. The smallest absolute Gasteiger partial charge is 0.326 e. The summed E-state index contributed by atoms with van der Waals surface area (Å²) in [5.41, 5.74) is 0. The van der Waals surface area contributed by atoms with E-state index in [9.17, 15) is 9.59 Å². The zero-order valence-corrected chi connectivity index (χ0v) is 11.2. The molecule has 0 aromatic carbocycles. The minimum Gasteiger partial charge on any atom is -0.480 e. The van der Waals surface area contributed by atoms with E-state index < -0.39 is 18.0 Å². The van der Waals surface area contributed by atoms with Crippen LogP contribution in [0.25, 0.3) is 0 Å². The standard InChI is InChI=1S/C13H22N2O4/c1-19-8-7-11(12(16)17)15-13(18)14-9-10-5-3-2-4-6-10/h2-3,10-11H,4-9H2,1H3,(H,16,17)(H2,14,15,18). The van der Waals surface area contributed by atoms with Crippen molar-refractivity contribution in [2.24, 2.45) is 5.92 Å². The van der Waals surface area contributed by atoms with Gasteiger partial charge in [0.1, 0.15) is 6.04 Å². The van der Waals surface area contributed by atoms with Gasteiger partial charge in [-0.15, -0.1) is 0 Å². The number of amides is 2. The highest BCUT2D eigenvalue weighted by atomic mass is 16.5. The van der Waals surface area contributed by atoms with E-state index >= 15 is 0 Å². The molecule has 2 atom stereocenters. The van der Waals surface area contributed by atoms with Crippen molar-refractivity contribution < 1.29 is 19.4 Å². The van der Waals surface area contributed by atoms with Gasteiger partial charge in [0.05, 0.1) is 0 Å². The lowest BCUT2D eigenvalue weighted by atomic mass is 9.94. The van der Waals surface area contributed by atoms with Gasteiger partial charge in [0.15, 0.2) is 0 Å². The van der Waals surface area contributed by atoms with Crippen molar-refractivity contribution in [3.05, 3.63) is 12.2 Å². The summed E-state index contributed by atoms with van der Waals surface area (Å²) in [5.74, 6) is -0.606. The Hall–Kier alpha value is -1.56. The van der Waals surface area contributed by atoms with Gasteiger partial charge in [-0.05, 0) is 25.2 Å². The molecule has 0 aromatic heterocycles. The summed E-state index contributed by atoms with van der Waals surface area (Å²) in [6, 6.07) is -1.34. The van der Waals surface area contributed by atoms with Gasteiger partial charge in [0, 0.05) is 26.7 Å². The average molecular weight is 270 g/mol. The first-order valence-electron chi connectivity index (χ1n) is 6.54. The molecule has 0 aromatic rings. The zero-order valence-electron chi connectivity index (χ0n) is 11.2. The molecule has 0 spiro atoms. The first-order chi connectivity index (χ1) is 9.13. The second-order valence-corrected chi connectivity index (χ2v) is 4.68. The minimum absolute atomic E-state index is 0.255. The van der Waals surface area contributed by atoms with Gasteiger partial charge in [-0.25, -0.2) is 9.59 Å². The van der Waals surface area contributed by atoms with Gasteiger partial charge in [-0.2, -0.15) is 0 Å². The van der Waals surface area contributed by atoms with Gasteiger partial charge in [0.2, 0.25) is 0 Å². The van der Waals surface area contributed by atoms with E-state index in [-0.39, 0.29) is 6.42 Å². The van der Waals surface area contributed by atoms with Crippen molar-refractivity contribution in [3.63, 3.8) is 0 Å². The summed E-state index contributed by atoms with van der Waals surface area (Å²) < 4.78 is 4.82. The number of nitrogens with one attached hydrogen (secondary N) is 2. The zero-order chi connectivity index (χ0) is 14.1. The van der Waals surface area contributed by atoms with E-state index in [4.69, 9.17) is 9.84 Å². The number of allylic oxidation sites excluding steroid dienone is 2. The van der Waals surface area contributed by atoms with Crippen LogP contribution >= 0.6 is 0 Å². The number of carbonyl (C=O) groups is 2. The molecule has 6 heteroatoms. The number of urea groups is 1. The van der Waals surface area contributed by atoms with Gasteiger partial charge in [-0.1, -0.05) is 12.2 Å². The van der Waals surface area contributed by atoms with E-state index in [0.717, 1.165) is 19.3 Å². The maximum Gasteiger partial charge on any atom is 0.326 e. The minimum atomic E-state index is -1.05. The third kappa shape index (κ3) is 6.24. The number of carboxylic acid groups (broad SMARTS) is 1. The molecule has 3 N–H and O–H groups in total. The van der Waals surface area contributed by atoms with Crippen molar-refractivity contribution in [3.8, 4) is 0 Å². The average Bonchev–Trinajstić information content (AvgIpc) is 2.42. The SMILES string of the molecule is COCCC(NC(=O)NCC1CC=CCC1)C(=O)O. The molecule has 0 bridgehead atoms. The highest BCUT2D eigenvalue weighted by Gasteiger charge is 2.20. The molecule has 2 amide bonds. The third-order valence-electron chi connectivity index (χ3n) is 3.14. The molecular weight excluding hydrogens is 248 g/mol. The number of aliphatic carboxylic acids is 1. The molecule has 6 nitrogen and oxygen atoms in total. The quantitative estimate of drug-likeness (QED) is 0.605. The van der Waals surface area contributed by atoms with Crippen LogP contribution in [-0.4, -0.2) is 43.4 Å². The Morgan fingerprint density at radius 3 is 2.84 bits per heavy atom. The van der Waals surface area contributed by atoms with Crippen LogP contribution < -0.4 is 10.6 Å². The molecule has 1 aliphatic rings. The van der Waals surface area contributed by atoms with Crippen LogP contribution in [0.2, 0.25) is 0 Å². The Balaban J connectivity index is 2.27. The molecule has 0 aliphatic heterocycles. The first kappa shape index (κ1) is 15.5. The highest BCUT2D eigenvalue weighted by molar-refractivity contribution is 5.82. The number of carbonyl (C=O) groups excluding carboxylic acids is 1. The van der Waals surface area contributed by atoms with E-state index in [2.05, 4.69) is 22.8 Å². The summed E-state index contributed by atoms with van der Waals surface area (Å²) in [5, 5.41) is 14.1. The Morgan fingerprint density at radius 1 is 1.47 bits per heavy atom. The number of hydrogen-bond acceptors (Lipinski definition) is 3. The summed E-state index contributed by atoms with van der Waals surface area (Å²) in [7, 11) is 1.50. The van der Waals surface area contributed by atoms with Crippen molar-refractivity contribution in [2.75, 3.05) is 20.3 Å². The van der Waals surface area contributed by atoms with Crippen LogP contribution in [0.15, 0.2) is 12.2 Å². The molecule has 1 aliphatic carbocycles. The molecule has 2 unspecified atom stereocenters. The fourth-order valence-electron chi connectivity index (χ4n) is 1.98. The van der Waals surface area contributed by atoms with Gasteiger partial charge >= 0.3 is 12.0 Å². The fourth-order valence-corrected chi connectivity index (χ4v) is 1.98. The molecule has 1 rings (SSSR count). The van der Waals surface area contributed by atoms with Crippen molar-refractivity contribution >= 4 is 12.0 Å². The van der Waals surface area contributed by atoms with Crippen LogP contribution in [-0.2, 0) is 9.53 Å². The summed E-state index contributed by atoms with van der Waals surface area (Å²) in [6.07, 6.45) is 7.58. The molecule has 108 valence electrons. The molecule has 0 fully saturated rings. The predicted molar refractivity (Wildman–Crippen MR) is 70.9 cm³/mol. The van der Waals surface area contributed by atoms with E-state index in [0.29, 0.717) is 19.1 Å². The second-order valence-electron chi connectivity index (χ2n) is 4.68. The van der Waals surface area contributed by atoms with Crippen LogP contribution in [0.5, 0.6) is 0 Å². The molecule has 0 saturated carbocycles. The Morgan fingerprint density at radius 2 is 2.26 bits per heavy atom. The largest absolute Gasteiger partial charge is 0.480 e. The van der Waals surface area contributed by atoms with Gasteiger partial charge < -0.3 is 20.5 Å². The van der Waals surface area contributed by atoms with Crippen molar-refractivity contribution in [1.82, 2.24) is 10.6 Å². The van der Waals surface area contributed by atoms with E-state index in [1.165, 1.54) is 7.11 Å². The molecular formula is C13H22N2O4. The summed E-state index contributed by atoms with van der Waals surface area (Å²) in [4.78, 5) is 22.6. The molecule has 0 heterocycles. The highest BCUT2D eigenvalue weighted by Crippen LogP contribution is 2.16. The first-order valence-corrected chi connectivity index (χ1v) is 6.54. The molecule has 0 saturated heterocycles. The normalized spacial score (nSPS) is 19.7. The lowest BCUT2D eigenvalue weighted by molar-refractivity contribution is -0.139. The lowest BCUT2D eigenvalue weighted by Gasteiger charge is -2.19. The number of ether oxygens (including phenoxy) is 1. The van der Waals surface area contributed by atoms with Crippen LogP contribution in [0.1, 0.15) is 25.7 Å². The molecule has 19 heavy (non-hydrogen) atoms. The number of carboxylic acids is 1. The van der Waals surface area contributed by atoms with Gasteiger partial charge in [-0.3, -0.25) is 0 Å². The Labute approximate surface area is 113 Å².